The van der Waals surface area contributed by atoms with Crippen LogP contribution >= 0.6 is 0 Å². The zero-order chi connectivity index (χ0) is 22.5. The van der Waals surface area contributed by atoms with Crippen LogP contribution in [0.5, 0.6) is 23.0 Å². The van der Waals surface area contributed by atoms with Crippen molar-refractivity contribution in [2.45, 2.75) is 20.0 Å². The number of Topliss-reactive ketones (excluding diaryl/α,β-unsaturated/α-hetero) is 1. The Balaban J connectivity index is 1.29. The number of carbonyl (C=O) groups is 1. The standard InChI is InChI=1S/C26H20FNO5/c1-15-8-21-19(12-28(13-30-21)11-17-4-7-20-22(10-17)32-14-31-20)26-24(15)25(29)23(33-26)9-16-2-5-18(27)6-3-16/h2-10H,11-14H2,1H3/b23-9-. The van der Waals surface area contributed by atoms with Gasteiger partial charge in [0.2, 0.25) is 12.6 Å². The molecule has 0 N–H and O–H groups in total. The Hall–Kier alpha value is -3.84. The molecule has 33 heavy (non-hydrogen) atoms. The molecule has 0 atom stereocenters. The summed E-state index contributed by atoms with van der Waals surface area (Å²) in [7, 11) is 0. The smallest absolute Gasteiger partial charge is 0.232 e. The minimum atomic E-state index is -0.330. The first-order chi connectivity index (χ1) is 16.0. The Morgan fingerprint density at radius 2 is 1.82 bits per heavy atom. The summed E-state index contributed by atoms with van der Waals surface area (Å²) in [6, 6.07) is 13.7. The molecule has 6 nitrogen and oxygen atoms in total. The molecule has 0 radical (unpaired) electrons. The minimum absolute atomic E-state index is 0.178. The Morgan fingerprint density at radius 1 is 1.00 bits per heavy atom. The molecule has 3 aromatic rings. The molecule has 0 aliphatic carbocycles. The first-order valence-corrected chi connectivity index (χ1v) is 10.6. The third-order valence-corrected chi connectivity index (χ3v) is 6.00. The summed E-state index contributed by atoms with van der Waals surface area (Å²) in [6.07, 6.45) is 1.64. The van der Waals surface area contributed by atoms with Gasteiger partial charge in [-0.2, -0.15) is 0 Å². The monoisotopic (exact) mass is 445 g/mol. The lowest BCUT2D eigenvalue weighted by Gasteiger charge is -2.30. The van der Waals surface area contributed by atoms with Crippen LogP contribution in [0.4, 0.5) is 4.39 Å². The molecular formula is C26H20FNO5. The van der Waals surface area contributed by atoms with Crippen LogP contribution in [-0.2, 0) is 13.1 Å². The molecule has 3 aliphatic rings. The van der Waals surface area contributed by atoms with E-state index < -0.39 is 0 Å². The molecule has 0 saturated heterocycles. The molecule has 3 heterocycles. The summed E-state index contributed by atoms with van der Waals surface area (Å²) in [6.45, 7) is 3.76. The number of hydrogen-bond donors (Lipinski definition) is 0. The van der Waals surface area contributed by atoms with Crippen molar-refractivity contribution < 1.29 is 28.1 Å². The van der Waals surface area contributed by atoms with Crippen molar-refractivity contribution in [3.05, 3.63) is 87.9 Å². The van der Waals surface area contributed by atoms with Crippen LogP contribution in [0, 0.1) is 12.7 Å². The van der Waals surface area contributed by atoms with Crippen LogP contribution in [0.3, 0.4) is 0 Å². The predicted octanol–water partition coefficient (Wildman–Crippen LogP) is 4.83. The van der Waals surface area contributed by atoms with Gasteiger partial charge in [-0.05, 0) is 60.0 Å². The topological polar surface area (TPSA) is 57.2 Å². The number of carbonyl (C=O) groups excluding carboxylic acids is 1. The van der Waals surface area contributed by atoms with Crippen molar-refractivity contribution in [3.63, 3.8) is 0 Å². The molecule has 6 rings (SSSR count). The highest BCUT2D eigenvalue weighted by molar-refractivity contribution is 6.15. The van der Waals surface area contributed by atoms with Crippen molar-refractivity contribution >= 4 is 11.9 Å². The highest BCUT2D eigenvalue weighted by atomic mass is 19.1. The average molecular weight is 445 g/mol. The largest absolute Gasteiger partial charge is 0.478 e. The number of halogens is 1. The molecule has 0 spiro atoms. The summed E-state index contributed by atoms with van der Waals surface area (Å²) in [5.74, 6) is 2.47. The van der Waals surface area contributed by atoms with Crippen molar-refractivity contribution in [2.75, 3.05) is 13.5 Å². The highest BCUT2D eigenvalue weighted by Gasteiger charge is 2.35. The van der Waals surface area contributed by atoms with Crippen molar-refractivity contribution in [3.8, 4) is 23.0 Å². The van der Waals surface area contributed by atoms with E-state index in [1.165, 1.54) is 12.1 Å². The normalized spacial score (nSPS) is 17.5. The number of hydrogen-bond acceptors (Lipinski definition) is 6. The van der Waals surface area contributed by atoms with Gasteiger partial charge >= 0.3 is 0 Å². The summed E-state index contributed by atoms with van der Waals surface area (Å²) in [5, 5.41) is 0. The number of benzene rings is 3. The van der Waals surface area contributed by atoms with E-state index in [-0.39, 0.29) is 24.2 Å². The van der Waals surface area contributed by atoms with E-state index in [4.69, 9.17) is 18.9 Å². The lowest BCUT2D eigenvalue weighted by Crippen LogP contribution is -2.31. The Kier molecular flexibility index (Phi) is 4.58. The Bertz CT molecular complexity index is 1320. The van der Waals surface area contributed by atoms with Crippen molar-refractivity contribution in [1.82, 2.24) is 4.90 Å². The molecule has 3 aliphatic heterocycles. The Labute approximate surface area is 189 Å². The SMILES string of the molecule is Cc1cc2c(c3c1C(=O)/C(=C/c1ccc(F)cc1)O3)CN(Cc1ccc3c(c1)OCO3)CO2. The Morgan fingerprint density at radius 3 is 2.67 bits per heavy atom. The summed E-state index contributed by atoms with van der Waals surface area (Å²) >= 11 is 0. The molecule has 0 unspecified atom stereocenters. The van der Waals surface area contributed by atoms with Gasteiger partial charge in [0.15, 0.2) is 17.3 Å². The fourth-order valence-electron chi connectivity index (χ4n) is 4.39. The van der Waals surface area contributed by atoms with Gasteiger partial charge in [0.05, 0.1) is 11.1 Å². The quantitative estimate of drug-likeness (QED) is 0.539. The van der Waals surface area contributed by atoms with Gasteiger partial charge in [-0.15, -0.1) is 0 Å². The van der Waals surface area contributed by atoms with E-state index in [0.29, 0.717) is 36.7 Å². The van der Waals surface area contributed by atoms with E-state index in [9.17, 15) is 9.18 Å². The number of aryl methyl sites for hydroxylation is 1. The lowest BCUT2D eigenvalue weighted by atomic mass is 9.98. The molecule has 0 aromatic heterocycles. The van der Waals surface area contributed by atoms with Crippen LogP contribution in [0.15, 0.2) is 54.3 Å². The molecule has 166 valence electrons. The predicted molar refractivity (Wildman–Crippen MR) is 118 cm³/mol. The summed E-state index contributed by atoms with van der Waals surface area (Å²) < 4.78 is 36.2. The number of ether oxygens (including phenoxy) is 4. The third kappa shape index (κ3) is 3.50. The molecule has 3 aromatic carbocycles. The van der Waals surface area contributed by atoms with E-state index in [1.54, 1.807) is 18.2 Å². The van der Waals surface area contributed by atoms with E-state index in [1.807, 2.05) is 31.2 Å². The molecule has 0 saturated carbocycles. The molecule has 7 heteroatoms. The fourth-order valence-corrected chi connectivity index (χ4v) is 4.39. The van der Waals surface area contributed by atoms with Gasteiger partial charge in [0.25, 0.3) is 0 Å². The van der Waals surface area contributed by atoms with Gasteiger partial charge in [0.1, 0.15) is 24.0 Å². The van der Waals surface area contributed by atoms with Crippen molar-refractivity contribution in [2.24, 2.45) is 0 Å². The van der Waals surface area contributed by atoms with Gasteiger partial charge in [0, 0.05) is 13.1 Å². The summed E-state index contributed by atoms with van der Waals surface area (Å²) in [5.41, 5.74) is 3.97. The van der Waals surface area contributed by atoms with E-state index in [0.717, 1.165) is 33.9 Å². The van der Waals surface area contributed by atoms with E-state index >= 15 is 0 Å². The number of nitrogens with zero attached hydrogens (tertiary/aromatic N) is 1. The maximum absolute atomic E-state index is 13.2. The second-order valence-electron chi connectivity index (χ2n) is 8.31. The van der Waals surface area contributed by atoms with Gasteiger partial charge in [-0.25, -0.2) is 4.39 Å². The van der Waals surface area contributed by atoms with Crippen LogP contribution in [-0.4, -0.2) is 24.2 Å². The number of allylic oxidation sites excluding steroid dienone is 1. The molecule has 0 amide bonds. The van der Waals surface area contributed by atoms with Gasteiger partial charge in [-0.1, -0.05) is 18.2 Å². The number of rotatable bonds is 3. The van der Waals surface area contributed by atoms with Gasteiger partial charge in [-0.3, -0.25) is 9.69 Å². The fraction of sp³-hybridized carbons (Fsp3) is 0.192. The third-order valence-electron chi connectivity index (χ3n) is 6.00. The van der Waals surface area contributed by atoms with Crippen molar-refractivity contribution in [1.29, 1.82) is 0 Å². The van der Waals surface area contributed by atoms with Crippen LogP contribution in [0.2, 0.25) is 0 Å². The minimum Gasteiger partial charge on any atom is -0.478 e. The second kappa shape index (κ2) is 7.64. The van der Waals surface area contributed by atoms with Crippen LogP contribution < -0.4 is 18.9 Å². The zero-order valence-electron chi connectivity index (χ0n) is 17.9. The average Bonchev–Trinajstić information content (AvgIpc) is 3.40. The second-order valence-corrected chi connectivity index (χ2v) is 8.31. The van der Waals surface area contributed by atoms with E-state index in [2.05, 4.69) is 4.90 Å². The number of ketones is 1. The molecule has 0 fully saturated rings. The lowest BCUT2D eigenvalue weighted by molar-refractivity contribution is 0.0871. The maximum Gasteiger partial charge on any atom is 0.232 e. The summed E-state index contributed by atoms with van der Waals surface area (Å²) in [4.78, 5) is 15.2. The zero-order valence-corrected chi connectivity index (χ0v) is 17.9. The maximum atomic E-state index is 13.2. The first kappa shape index (κ1) is 19.8. The number of fused-ring (bicyclic) bond motifs is 4. The van der Waals surface area contributed by atoms with Crippen LogP contribution in [0.1, 0.15) is 32.6 Å². The first-order valence-electron chi connectivity index (χ1n) is 10.6. The molecule has 0 bridgehead atoms. The van der Waals surface area contributed by atoms with Crippen LogP contribution in [0.25, 0.3) is 6.08 Å². The molecular weight excluding hydrogens is 425 g/mol. The highest BCUT2D eigenvalue weighted by Crippen LogP contribution is 2.44. The van der Waals surface area contributed by atoms with Gasteiger partial charge < -0.3 is 18.9 Å².